The molecular weight excluding hydrogens is 355 g/mol. The predicted octanol–water partition coefficient (Wildman–Crippen LogP) is 5.16. The Morgan fingerprint density at radius 3 is 2.12 bits per heavy atom. The van der Waals surface area contributed by atoms with Gasteiger partial charge in [0.2, 0.25) is 0 Å². The zero-order chi connectivity index (χ0) is 19.0. The van der Waals surface area contributed by atoms with Gasteiger partial charge in [0.05, 0.1) is 0 Å². The molecule has 0 amide bonds. The van der Waals surface area contributed by atoms with E-state index >= 15 is 0 Å². The van der Waals surface area contributed by atoms with Gasteiger partial charge in [-0.25, -0.2) is 4.79 Å². The number of carbonyl (C=O) groups is 1. The van der Waals surface area contributed by atoms with Crippen molar-refractivity contribution in [1.82, 2.24) is 0 Å². The Bertz CT molecular complexity index is 726. The first kappa shape index (κ1) is 20.7. The van der Waals surface area contributed by atoms with Gasteiger partial charge in [0, 0.05) is 11.1 Å². The molecule has 25 heavy (non-hydrogen) atoms. The van der Waals surface area contributed by atoms with Crippen LogP contribution >= 0.6 is 11.6 Å². The molecule has 0 saturated heterocycles. The Morgan fingerprint density at radius 1 is 1.12 bits per heavy atom. The van der Waals surface area contributed by atoms with Crippen molar-refractivity contribution >= 4 is 29.7 Å². The van der Waals surface area contributed by atoms with Crippen LogP contribution in [0.5, 0.6) is 0 Å². The number of rotatable bonds is 3. The summed E-state index contributed by atoms with van der Waals surface area (Å²) in [4.78, 5) is 8.90. The first-order valence-corrected chi connectivity index (χ1v) is 7.57. The van der Waals surface area contributed by atoms with Gasteiger partial charge in [-0.15, -0.1) is 0 Å². The SMILES string of the molecule is C[C@H](N)c1ccccc1/C=C/c1ccc(Cl)cc1.O=C(O)C(F)(F)F. The van der Waals surface area contributed by atoms with E-state index in [1.54, 1.807) is 0 Å². The lowest BCUT2D eigenvalue weighted by atomic mass is 10.0. The van der Waals surface area contributed by atoms with Crippen molar-refractivity contribution < 1.29 is 23.1 Å². The third-order valence-corrected chi connectivity index (χ3v) is 3.31. The highest BCUT2D eigenvalue weighted by Crippen LogP contribution is 2.19. The second-order valence-corrected chi connectivity index (χ2v) is 5.54. The lowest BCUT2D eigenvalue weighted by Gasteiger charge is -2.09. The molecule has 0 radical (unpaired) electrons. The molecule has 0 spiro atoms. The van der Waals surface area contributed by atoms with Crippen LogP contribution in [0.2, 0.25) is 5.02 Å². The third kappa shape index (κ3) is 7.41. The van der Waals surface area contributed by atoms with Crippen LogP contribution < -0.4 is 5.73 Å². The summed E-state index contributed by atoms with van der Waals surface area (Å²) in [6.45, 7) is 2.00. The van der Waals surface area contributed by atoms with Gasteiger partial charge < -0.3 is 10.8 Å². The van der Waals surface area contributed by atoms with Gasteiger partial charge >= 0.3 is 12.1 Å². The van der Waals surface area contributed by atoms with Gasteiger partial charge in [-0.1, -0.05) is 60.2 Å². The van der Waals surface area contributed by atoms with E-state index in [4.69, 9.17) is 27.2 Å². The van der Waals surface area contributed by atoms with E-state index < -0.39 is 12.1 Å². The van der Waals surface area contributed by atoms with Crippen molar-refractivity contribution in [2.45, 2.75) is 19.1 Å². The minimum absolute atomic E-state index is 0.0380. The fraction of sp³-hybridized carbons (Fsp3) is 0.167. The second kappa shape index (κ2) is 9.25. The first-order valence-electron chi connectivity index (χ1n) is 7.19. The van der Waals surface area contributed by atoms with Crippen LogP contribution in [0.1, 0.15) is 29.7 Å². The molecule has 0 saturated carbocycles. The number of benzene rings is 2. The number of hydrogen-bond acceptors (Lipinski definition) is 2. The highest BCUT2D eigenvalue weighted by molar-refractivity contribution is 6.30. The van der Waals surface area contributed by atoms with Gasteiger partial charge in [-0.05, 0) is 35.7 Å². The minimum Gasteiger partial charge on any atom is -0.475 e. The average molecular weight is 372 g/mol. The van der Waals surface area contributed by atoms with Gasteiger partial charge in [-0.2, -0.15) is 13.2 Å². The Balaban J connectivity index is 0.000000381. The third-order valence-electron chi connectivity index (χ3n) is 3.05. The van der Waals surface area contributed by atoms with E-state index in [1.165, 1.54) is 0 Å². The molecule has 134 valence electrons. The second-order valence-electron chi connectivity index (χ2n) is 5.11. The zero-order valence-electron chi connectivity index (χ0n) is 13.3. The molecule has 0 unspecified atom stereocenters. The maximum atomic E-state index is 10.6. The number of carboxylic acids is 1. The van der Waals surface area contributed by atoms with E-state index in [2.05, 4.69) is 24.3 Å². The Morgan fingerprint density at radius 2 is 1.64 bits per heavy atom. The normalized spacial score (nSPS) is 12.4. The molecule has 2 aromatic carbocycles. The number of alkyl halides is 3. The van der Waals surface area contributed by atoms with Crippen molar-refractivity contribution in [2.75, 3.05) is 0 Å². The minimum atomic E-state index is -5.08. The number of carboxylic acid groups (broad SMARTS) is 1. The van der Waals surface area contributed by atoms with Crippen LogP contribution in [0, 0.1) is 0 Å². The summed E-state index contributed by atoms with van der Waals surface area (Å²) in [5, 5.41) is 7.88. The molecule has 0 aliphatic heterocycles. The van der Waals surface area contributed by atoms with Gasteiger partial charge in [0.1, 0.15) is 0 Å². The Labute approximate surface area is 148 Å². The molecule has 2 rings (SSSR count). The van der Waals surface area contributed by atoms with E-state index in [-0.39, 0.29) is 6.04 Å². The molecule has 0 aliphatic rings. The van der Waals surface area contributed by atoms with Crippen LogP contribution in [0.25, 0.3) is 12.2 Å². The maximum Gasteiger partial charge on any atom is 0.490 e. The van der Waals surface area contributed by atoms with E-state index in [0.29, 0.717) is 0 Å². The summed E-state index contributed by atoms with van der Waals surface area (Å²) in [5.74, 6) is -2.76. The first-order chi connectivity index (χ1) is 11.6. The van der Waals surface area contributed by atoms with E-state index in [9.17, 15) is 13.2 Å². The smallest absolute Gasteiger partial charge is 0.475 e. The molecule has 1 atom stereocenters. The number of aliphatic carboxylic acids is 1. The summed E-state index contributed by atoms with van der Waals surface area (Å²) < 4.78 is 31.7. The van der Waals surface area contributed by atoms with Crippen LogP contribution in [-0.2, 0) is 4.79 Å². The molecule has 3 nitrogen and oxygen atoms in total. The van der Waals surface area contributed by atoms with E-state index in [0.717, 1.165) is 21.7 Å². The van der Waals surface area contributed by atoms with Crippen LogP contribution in [-0.4, -0.2) is 17.3 Å². The molecule has 2 aromatic rings. The molecule has 7 heteroatoms. The van der Waals surface area contributed by atoms with Crippen LogP contribution in [0.4, 0.5) is 13.2 Å². The van der Waals surface area contributed by atoms with Crippen LogP contribution in [0.3, 0.4) is 0 Å². The predicted molar refractivity (Wildman–Crippen MR) is 93.1 cm³/mol. The van der Waals surface area contributed by atoms with Gasteiger partial charge in [0.25, 0.3) is 0 Å². The topological polar surface area (TPSA) is 63.3 Å². The van der Waals surface area contributed by atoms with E-state index in [1.807, 2.05) is 43.3 Å². The van der Waals surface area contributed by atoms with Gasteiger partial charge in [0.15, 0.2) is 0 Å². The van der Waals surface area contributed by atoms with Gasteiger partial charge in [-0.3, -0.25) is 0 Å². The molecule has 0 aromatic heterocycles. The monoisotopic (exact) mass is 371 g/mol. The highest BCUT2D eigenvalue weighted by Gasteiger charge is 2.38. The van der Waals surface area contributed by atoms with Crippen molar-refractivity contribution in [1.29, 1.82) is 0 Å². The fourth-order valence-corrected chi connectivity index (χ4v) is 1.96. The molecule has 0 aliphatic carbocycles. The summed E-state index contributed by atoms with van der Waals surface area (Å²) in [6.07, 6.45) is -0.931. The van der Waals surface area contributed by atoms with Crippen molar-refractivity contribution in [3.63, 3.8) is 0 Å². The molecule has 3 N–H and O–H groups in total. The zero-order valence-corrected chi connectivity index (χ0v) is 14.1. The summed E-state index contributed by atoms with van der Waals surface area (Å²) in [5.41, 5.74) is 9.39. The lowest BCUT2D eigenvalue weighted by Crippen LogP contribution is -2.21. The summed E-state index contributed by atoms with van der Waals surface area (Å²) >= 11 is 5.85. The quantitative estimate of drug-likeness (QED) is 0.732. The van der Waals surface area contributed by atoms with Crippen molar-refractivity contribution in [3.05, 3.63) is 70.2 Å². The average Bonchev–Trinajstić information content (AvgIpc) is 2.54. The van der Waals surface area contributed by atoms with Crippen molar-refractivity contribution in [2.24, 2.45) is 5.73 Å². The van der Waals surface area contributed by atoms with Crippen LogP contribution in [0.15, 0.2) is 48.5 Å². The summed E-state index contributed by atoms with van der Waals surface area (Å²) in [7, 11) is 0. The number of nitrogens with two attached hydrogens (primary N) is 1. The maximum absolute atomic E-state index is 10.6. The highest BCUT2D eigenvalue weighted by atomic mass is 35.5. The lowest BCUT2D eigenvalue weighted by molar-refractivity contribution is -0.192. The summed E-state index contributed by atoms with van der Waals surface area (Å²) in [6, 6.07) is 16.0. The molecule has 0 fully saturated rings. The largest absolute Gasteiger partial charge is 0.490 e. The van der Waals surface area contributed by atoms with Crippen molar-refractivity contribution in [3.8, 4) is 0 Å². The standard InChI is InChI=1S/C16H16ClN.C2HF3O2/c1-12(18)16-5-3-2-4-14(16)9-6-13-7-10-15(17)11-8-13;3-2(4,5)1(6)7/h2-12H,18H2,1H3;(H,6,7)/b9-6+;/t12-;/m0./s1. The molecule has 0 bridgehead atoms. The Kier molecular flexibility index (Phi) is 7.67. The Hall–Kier alpha value is -2.31. The molecule has 0 heterocycles. The fourth-order valence-electron chi connectivity index (χ4n) is 1.84. The molecular formula is C18H17ClF3NO2. The number of halogens is 4. The number of hydrogen-bond donors (Lipinski definition) is 2.